The van der Waals surface area contributed by atoms with Crippen LogP contribution in [0.2, 0.25) is 10.5 Å². The summed E-state index contributed by atoms with van der Waals surface area (Å²) in [6.07, 6.45) is 0. The molecule has 0 amide bonds. The summed E-state index contributed by atoms with van der Waals surface area (Å²) in [6, 6.07) is 10.8. The molecule has 0 radical (unpaired) electrons. The van der Waals surface area contributed by atoms with Crippen LogP contribution >= 0.6 is 0 Å². The molecule has 1 aromatic carbocycles. The van der Waals surface area contributed by atoms with Crippen molar-refractivity contribution in [2.75, 3.05) is 7.11 Å². The van der Waals surface area contributed by atoms with Crippen molar-refractivity contribution in [1.29, 1.82) is 0 Å². The Kier molecular flexibility index (Phi) is 3.03. The summed E-state index contributed by atoms with van der Waals surface area (Å²) >= 11 is -2.24. The summed E-state index contributed by atoms with van der Waals surface area (Å²) in [6.45, 7) is 4.51. The minimum atomic E-state index is -2.24. The first kappa shape index (κ1) is 11.0. The van der Waals surface area contributed by atoms with Gasteiger partial charge in [0.25, 0.3) is 0 Å². The van der Waals surface area contributed by atoms with E-state index in [0.717, 1.165) is 0 Å². The van der Waals surface area contributed by atoms with Crippen LogP contribution in [0.25, 0.3) is 0 Å². The fourth-order valence-electron chi connectivity index (χ4n) is 2.43. The van der Waals surface area contributed by atoms with Crippen molar-refractivity contribution in [3.8, 4) is 0 Å². The third-order valence-corrected chi connectivity index (χ3v) is 12.7. The van der Waals surface area contributed by atoms with Gasteiger partial charge in [0.15, 0.2) is 0 Å². The van der Waals surface area contributed by atoms with Crippen molar-refractivity contribution >= 4 is 18.0 Å². The second kappa shape index (κ2) is 4.14. The maximum absolute atomic E-state index is 5.97. The predicted octanol–water partition coefficient (Wildman–Crippen LogP) is 2.84. The third-order valence-electron chi connectivity index (χ3n) is 3.52. The molecule has 0 bridgehead atoms. The minimum absolute atomic E-state index is 1.21. The average Bonchev–Trinajstić information content (AvgIpc) is 2.57. The second-order valence-corrected chi connectivity index (χ2v) is 12.2. The van der Waals surface area contributed by atoms with Gasteiger partial charge in [0.05, 0.1) is 0 Å². The first-order valence-electron chi connectivity index (χ1n) is 5.44. The molecule has 0 atom stereocenters. The maximum atomic E-state index is 5.97. The summed E-state index contributed by atoms with van der Waals surface area (Å²) < 4.78 is 7.45. The molecule has 2 rings (SSSR count). The zero-order valence-corrected chi connectivity index (χ0v) is 11.8. The van der Waals surface area contributed by atoms with Gasteiger partial charge < -0.3 is 0 Å². The van der Waals surface area contributed by atoms with Crippen molar-refractivity contribution < 1.29 is 3.76 Å². The van der Waals surface area contributed by atoms with Gasteiger partial charge in [0, 0.05) is 0 Å². The van der Waals surface area contributed by atoms with Gasteiger partial charge in [0.2, 0.25) is 0 Å². The average molecular weight is 263 g/mol. The first-order chi connectivity index (χ1) is 7.18. The van der Waals surface area contributed by atoms with Crippen LogP contribution in [0, 0.1) is 0 Å². The first-order valence-corrected chi connectivity index (χ1v) is 10.3. The van der Waals surface area contributed by atoms with Crippen LogP contribution in [0.1, 0.15) is 13.8 Å². The fraction of sp³-hybridized carbons (Fsp3) is 0.385. The van der Waals surface area contributed by atoms with E-state index in [4.69, 9.17) is 3.76 Å². The van der Waals surface area contributed by atoms with E-state index < -0.39 is 13.6 Å². The van der Waals surface area contributed by atoms with Gasteiger partial charge in [-0.1, -0.05) is 0 Å². The molecule has 0 spiro atoms. The molecule has 0 saturated carbocycles. The Bertz CT molecular complexity index is 367. The number of allylic oxidation sites excluding steroid dienone is 2. The third kappa shape index (κ3) is 1.91. The summed E-state index contributed by atoms with van der Waals surface area (Å²) in [7, 11) is 1.90. The van der Waals surface area contributed by atoms with E-state index in [1.807, 2.05) is 7.11 Å². The van der Waals surface area contributed by atoms with Crippen molar-refractivity contribution in [3.05, 3.63) is 41.5 Å². The molecule has 0 aliphatic carbocycles. The molecule has 0 N–H and O–H groups in total. The van der Waals surface area contributed by atoms with Crippen LogP contribution < -0.4 is 4.40 Å². The standard InChI is InChI=1S/C13H18GeO/c1-11-9-14(15-3,10-12(11)2)13-7-5-4-6-8-13/h4-8H,9-10H2,1-3H3. The van der Waals surface area contributed by atoms with Gasteiger partial charge in [-0.3, -0.25) is 0 Å². The molecule has 0 fully saturated rings. The summed E-state index contributed by atoms with van der Waals surface area (Å²) in [5.74, 6) is 0. The van der Waals surface area contributed by atoms with Gasteiger partial charge in [-0.05, 0) is 0 Å². The Morgan fingerprint density at radius 1 is 1.00 bits per heavy atom. The van der Waals surface area contributed by atoms with E-state index in [1.165, 1.54) is 14.9 Å². The second-order valence-electron chi connectivity index (χ2n) is 4.48. The van der Waals surface area contributed by atoms with Crippen molar-refractivity contribution in [2.24, 2.45) is 0 Å². The molecule has 1 heterocycles. The van der Waals surface area contributed by atoms with Crippen LogP contribution in [0.4, 0.5) is 0 Å². The fourth-order valence-corrected chi connectivity index (χ4v) is 11.2. The predicted molar refractivity (Wildman–Crippen MR) is 66.8 cm³/mol. The number of benzene rings is 1. The van der Waals surface area contributed by atoms with Crippen molar-refractivity contribution in [1.82, 2.24) is 0 Å². The number of rotatable bonds is 2. The SMILES string of the molecule is C[O][Ge]1([c]2ccccc2)[CH2]C(C)=C(C)[CH2]1. The van der Waals surface area contributed by atoms with E-state index in [1.54, 1.807) is 11.1 Å². The van der Waals surface area contributed by atoms with Crippen LogP contribution in [0.5, 0.6) is 0 Å². The Morgan fingerprint density at radius 2 is 1.53 bits per heavy atom. The van der Waals surface area contributed by atoms with Crippen LogP contribution in [0.3, 0.4) is 0 Å². The van der Waals surface area contributed by atoms with Crippen molar-refractivity contribution in [3.63, 3.8) is 0 Å². The van der Waals surface area contributed by atoms with E-state index in [0.29, 0.717) is 0 Å². The molecular formula is C13H18GeO. The Labute approximate surface area is 94.9 Å². The van der Waals surface area contributed by atoms with Gasteiger partial charge in [-0.15, -0.1) is 0 Å². The summed E-state index contributed by atoms with van der Waals surface area (Å²) in [5.41, 5.74) is 3.11. The van der Waals surface area contributed by atoms with Gasteiger partial charge in [-0.2, -0.15) is 0 Å². The zero-order chi connectivity index (χ0) is 10.9. The normalized spacial score (nSPS) is 19.7. The van der Waals surface area contributed by atoms with Gasteiger partial charge >= 0.3 is 94.7 Å². The molecule has 0 unspecified atom stereocenters. The van der Waals surface area contributed by atoms with E-state index in [9.17, 15) is 0 Å². The quantitative estimate of drug-likeness (QED) is 0.588. The molecule has 80 valence electrons. The topological polar surface area (TPSA) is 9.23 Å². The molecule has 0 saturated heterocycles. The summed E-state index contributed by atoms with van der Waals surface area (Å²) in [5, 5.41) is 2.43. The molecule has 1 aromatic rings. The Balaban J connectivity index is 2.35. The van der Waals surface area contributed by atoms with Crippen LogP contribution in [0.15, 0.2) is 41.5 Å². The molecular weight excluding hydrogens is 245 g/mol. The Morgan fingerprint density at radius 3 is 2.00 bits per heavy atom. The van der Waals surface area contributed by atoms with Crippen molar-refractivity contribution in [2.45, 2.75) is 24.4 Å². The monoisotopic (exact) mass is 264 g/mol. The molecule has 0 aromatic heterocycles. The van der Waals surface area contributed by atoms with Gasteiger partial charge in [0.1, 0.15) is 0 Å². The summed E-state index contributed by atoms with van der Waals surface area (Å²) in [4.78, 5) is 0. The zero-order valence-electron chi connectivity index (χ0n) is 9.71. The number of hydrogen-bond donors (Lipinski definition) is 0. The van der Waals surface area contributed by atoms with E-state index in [2.05, 4.69) is 44.2 Å². The molecule has 1 aliphatic heterocycles. The van der Waals surface area contributed by atoms with E-state index in [-0.39, 0.29) is 0 Å². The van der Waals surface area contributed by atoms with Crippen LogP contribution in [-0.4, -0.2) is 20.7 Å². The Hall–Kier alpha value is -0.537. The number of hydrogen-bond acceptors (Lipinski definition) is 1. The molecule has 15 heavy (non-hydrogen) atoms. The molecule has 2 heteroatoms. The molecule has 1 aliphatic rings. The van der Waals surface area contributed by atoms with Gasteiger partial charge in [-0.25, -0.2) is 0 Å². The van der Waals surface area contributed by atoms with Crippen LogP contribution in [-0.2, 0) is 3.76 Å². The van der Waals surface area contributed by atoms with E-state index >= 15 is 0 Å². The molecule has 1 nitrogen and oxygen atoms in total.